The molecule has 0 aliphatic heterocycles. The number of hydrogen-bond donors (Lipinski definition) is 1. The molecule has 2 aromatic heterocycles. The number of benzene rings is 2. The molecule has 0 radical (unpaired) electrons. The minimum atomic E-state index is -0.265. The molecule has 4 aromatic rings. The van der Waals surface area contributed by atoms with Crippen molar-refractivity contribution in [1.82, 2.24) is 19.9 Å². The van der Waals surface area contributed by atoms with Gasteiger partial charge in [0.2, 0.25) is 0 Å². The van der Waals surface area contributed by atoms with Gasteiger partial charge in [-0.1, -0.05) is 48.5 Å². The Hall–Kier alpha value is -3.47. The number of imidazole rings is 1. The van der Waals surface area contributed by atoms with Gasteiger partial charge in [0, 0.05) is 13.2 Å². The Labute approximate surface area is 157 Å². The summed E-state index contributed by atoms with van der Waals surface area (Å²) < 4.78 is 2.04. The maximum absolute atomic E-state index is 12.7. The van der Waals surface area contributed by atoms with Crippen molar-refractivity contribution in [1.29, 1.82) is 0 Å². The van der Waals surface area contributed by atoms with Gasteiger partial charge in [-0.25, -0.2) is 4.98 Å². The van der Waals surface area contributed by atoms with E-state index < -0.39 is 0 Å². The van der Waals surface area contributed by atoms with Crippen molar-refractivity contribution in [2.75, 3.05) is 0 Å². The second-order valence-electron chi connectivity index (χ2n) is 6.45. The molecule has 0 saturated heterocycles. The molecule has 2 aromatic carbocycles. The van der Waals surface area contributed by atoms with Crippen LogP contribution >= 0.6 is 0 Å². The van der Waals surface area contributed by atoms with Crippen LogP contribution in [-0.4, -0.2) is 20.4 Å². The molecule has 0 saturated carbocycles. The van der Waals surface area contributed by atoms with Crippen LogP contribution in [0.3, 0.4) is 0 Å². The van der Waals surface area contributed by atoms with Gasteiger partial charge in [0.05, 0.1) is 17.1 Å². The molecular formula is C22H20N4O. The number of nitrogens with one attached hydrogen (secondary N) is 1. The molecule has 27 heavy (non-hydrogen) atoms. The third kappa shape index (κ3) is 3.58. The quantitative estimate of drug-likeness (QED) is 0.593. The smallest absolute Gasteiger partial charge is 0.270 e. The van der Waals surface area contributed by atoms with E-state index in [1.165, 1.54) is 0 Å². The molecule has 2 heterocycles. The lowest BCUT2D eigenvalue weighted by atomic mass is 10.0. The SMILES string of the molecule is Cn1c([C@H](Cc2ccccc2)NC(=O)c2ccccn2)nc2ccccc21. The first-order chi connectivity index (χ1) is 13.2. The van der Waals surface area contributed by atoms with Gasteiger partial charge in [-0.15, -0.1) is 0 Å². The molecule has 1 N–H and O–H groups in total. The maximum Gasteiger partial charge on any atom is 0.270 e. The highest BCUT2D eigenvalue weighted by Gasteiger charge is 2.22. The van der Waals surface area contributed by atoms with Crippen molar-refractivity contribution < 1.29 is 4.79 Å². The number of carbonyl (C=O) groups excluding carboxylic acids is 1. The minimum Gasteiger partial charge on any atom is -0.340 e. The predicted octanol–water partition coefficient (Wildman–Crippen LogP) is 3.68. The first kappa shape index (κ1) is 17.0. The van der Waals surface area contributed by atoms with E-state index in [9.17, 15) is 4.79 Å². The third-order valence-corrected chi connectivity index (χ3v) is 4.62. The van der Waals surface area contributed by atoms with Gasteiger partial charge in [0.25, 0.3) is 5.91 Å². The molecule has 1 atom stereocenters. The van der Waals surface area contributed by atoms with Crippen LogP contribution in [-0.2, 0) is 13.5 Å². The zero-order valence-corrected chi connectivity index (χ0v) is 15.0. The summed E-state index contributed by atoms with van der Waals surface area (Å²) in [6, 6.07) is 23.1. The van der Waals surface area contributed by atoms with Gasteiger partial charge in [-0.3, -0.25) is 9.78 Å². The summed E-state index contributed by atoms with van der Waals surface area (Å²) in [6.07, 6.45) is 2.27. The summed E-state index contributed by atoms with van der Waals surface area (Å²) in [4.78, 5) is 21.7. The maximum atomic E-state index is 12.7. The lowest BCUT2D eigenvalue weighted by molar-refractivity contribution is 0.0929. The van der Waals surface area contributed by atoms with Crippen LogP contribution in [0, 0.1) is 0 Å². The first-order valence-electron chi connectivity index (χ1n) is 8.89. The van der Waals surface area contributed by atoms with Crippen LogP contribution in [0.15, 0.2) is 79.0 Å². The number of rotatable bonds is 5. The largest absolute Gasteiger partial charge is 0.340 e. The zero-order chi connectivity index (χ0) is 18.6. The van der Waals surface area contributed by atoms with Crippen molar-refractivity contribution in [2.24, 2.45) is 7.05 Å². The Morgan fingerprint density at radius 3 is 2.48 bits per heavy atom. The molecule has 0 aliphatic carbocycles. The summed E-state index contributed by atoms with van der Waals surface area (Å²) in [6.45, 7) is 0. The van der Waals surface area contributed by atoms with Crippen molar-refractivity contribution in [2.45, 2.75) is 12.5 Å². The van der Waals surface area contributed by atoms with Gasteiger partial charge in [-0.05, 0) is 36.2 Å². The number of pyridine rings is 1. The topological polar surface area (TPSA) is 59.8 Å². The summed E-state index contributed by atoms with van der Waals surface area (Å²) >= 11 is 0. The molecule has 4 rings (SSSR count). The van der Waals surface area contributed by atoms with Gasteiger partial charge in [-0.2, -0.15) is 0 Å². The number of para-hydroxylation sites is 2. The number of hydrogen-bond acceptors (Lipinski definition) is 3. The number of aromatic nitrogens is 3. The van der Waals surface area contributed by atoms with Gasteiger partial charge in [0.1, 0.15) is 11.5 Å². The standard InChI is InChI=1S/C22H20N4O/c1-26-20-13-6-5-11-17(20)24-21(26)19(15-16-9-3-2-4-10-16)25-22(27)18-12-7-8-14-23-18/h2-14,19H,15H2,1H3,(H,25,27)/t19-/m0/s1. The number of fused-ring (bicyclic) bond motifs is 1. The van der Waals surface area contributed by atoms with E-state index in [0.29, 0.717) is 12.1 Å². The van der Waals surface area contributed by atoms with Crippen LogP contribution in [0.1, 0.15) is 27.9 Å². The molecule has 1 amide bonds. The Bertz CT molecular complexity index is 1060. The second-order valence-corrected chi connectivity index (χ2v) is 6.45. The van der Waals surface area contributed by atoms with E-state index in [0.717, 1.165) is 22.4 Å². The number of amides is 1. The second kappa shape index (κ2) is 7.41. The normalized spacial score (nSPS) is 12.0. The van der Waals surface area contributed by atoms with Crippen LogP contribution in [0.2, 0.25) is 0 Å². The van der Waals surface area contributed by atoms with E-state index in [1.807, 2.05) is 60.1 Å². The molecule has 5 nitrogen and oxygen atoms in total. The summed E-state index contributed by atoms with van der Waals surface area (Å²) in [7, 11) is 1.98. The molecule has 0 spiro atoms. The number of nitrogens with zero attached hydrogens (tertiary/aromatic N) is 3. The Kier molecular flexibility index (Phi) is 4.66. The van der Waals surface area contributed by atoms with Crippen LogP contribution in [0.4, 0.5) is 0 Å². The van der Waals surface area contributed by atoms with E-state index in [1.54, 1.807) is 18.3 Å². The van der Waals surface area contributed by atoms with E-state index in [4.69, 9.17) is 4.98 Å². The highest BCUT2D eigenvalue weighted by atomic mass is 16.1. The molecule has 134 valence electrons. The van der Waals surface area contributed by atoms with Crippen LogP contribution < -0.4 is 5.32 Å². The van der Waals surface area contributed by atoms with Crippen LogP contribution in [0.25, 0.3) is 11.0 Å². The summed E-state index contributed by atoms with van der Waals surface area (Å²) in [5.41, 5.74) is 3.49. The summed E-state index contributed by atoms with van der Waals surface area (Å²) in [5.74, 6) is 0.618. The van der Waals surface area contributed by atoms with E-state index in [-0.39, 0.29) is 11.9 Å². The molecule has 0 bridgehead atoms. The van der Waals surface area contributed by atoms with Crippen molar-refractivity contribution in [3.63, 3.8) is 0 Å². The fourth-order valence-electron chi connectivity index (χ4n) is 3.26. The van der Waals surface area contributed by atoms with Crippen molar-refractivity contribution in [3.05, 3.63) is 96.1 Å². The lowest BCUT2D eigenvalue weighted by Crippen LogP contribution is -2.32. The van der Waals surface area contributed by atoms with Gasteiger partial charge >= 0.3 is 0 Å². The monoisotopic (exact) mass is 356 g/mol. The third-order valence-electron chi connectivity index (χ3n) is 4.62. The van der Waals surface area contributed by atoms with E-state index >= 15 is 0 Å². The highest BCUT2D eigenvalue weighted by Crippen LogP contribution is 2.23. The van der Waals surface area contributed by atoms with Crippen LogP contribution in [0.5, 0.6) is 0 Å². The fraction of sp³-hybridized carbons (Fsp3) is 0.136. The highest BCUT2D eigenvalue weighted by molar-refractivity contribution is 5.92. The predicted molar refractivity (Wildman–Crippen MR) is 105 cm³/mol. The Morgan fingerprint density at radius 2 is 1.74 bits per heavy atom. The Balaban J connectivity index is 1.71. The molecule has 0 fully saturated rings. The molecule has 0 unspecified atom stereocenters. The molecule has 0 aliphatic rings. The average Bonchev–Trinajstić information content (AvgIpc) is 3.06. The van der Waals surface area contributed by atoms with Gasteiger partial charge in [0.15, 0.2) is 0 Å². The minimum absolute atomic E-state index is 0.205. The van der Waals surface area contributed by atoms with Crippen molar-refractivity contribution >= 4 is 16.9 Å². The fourth-order valence-corrected chi connectivity index (χ4v) is 3.26. The number of aryl methyl sites for hydroxylation is 1. The first-order valence-corrected chi connectivity index (χ1v) is 8.89. The van der Waals surface area contributed by atoms with Gasteiger partial charge < -0.3 is 9.88 Å². The summed E-state index contributed by atoms with van der Waals surface area (Å²) in [5, 5.41) is 3.12. The van der Waals surface area contributed by atoms with E-state index in [2.05, 4.69) is 22.4 Å². The lowest BCUT2D eigenvalue weighted by Gasteiger charge is -2.19. The Morgan fingerprint density at radius 1 is 1.00 bits per heavy atom. The molecular weight excluding hydrogens is 336 g/mol. The molecule has 5 heteroatoms. The zero-order valence-electron chi connectivity index (χ0n) is 15.0. The van der Waals surface area contributed by atoms with Crippen molar-refractivity contribution in [3.8, 4) is 0 Å². The number of carbonyl (C=O) groups is 1. The average molecular weight is 356 g/mol.